The van der Waals surface area contributed by atoms with Crippen LogP contribution in [0.15, 0.2) is 60.7 Å². The summed E-state index contributed by atoms with van der Waals surface area (Å²) >= 11 is 0. The average molecular weight is 364 g/mol. The zero-order valence-electron chi connectivity index (χ0n) is 14.7. The maximum atomic E-state index is 12.8. The van der Waals surface area contributed by atoms with E-state index >= 15 is 0 Å². The van der Waals surface area contributed by atoms with E-state index in [1.165, 1.54) is 18.2 Å². The molecule has 2 N–H and O–H groups in total. The van der Waals surface area contributed by atoms with Gasteiger partial charge in [0.1, 0.15) is 0 Å². The molecule has 27 heavy (non-hydrogen) atoms. The third kappa shape index (κ3) is 4.61. The third-order valence-electron chi connectivity index (χ3n) is 4.47. The highest BCUT2D eigenvalue weighted by molar-refractivity contribution is 5.93. The molecule has 2 aromatic rings. The number of hydrogen-bond donors (Lipinski definition) is 2. The first-order valence-electron chi connectivity index (χ1n) is 8.68. The molecule has 1 atom stereocenters. The molecule has 1 fully saturated rings. The monoisotopic (exact) mass is 364 g/mol. The molecule has 6 nitrogen and oxygen atoms in total. The number of carboxylic acid groups (broad SMARTS) is 1. The highest BCUT2D eigenvalue weighted by Crippen LogP contribution is 2.26. The summed E-state index contributed by atoms with van der Waals surface area (Å²) in [6.45, 7) is 0.835. The van der Waals surface area contributed by atoms with E-state index < -0.39 is 5.97 Å². The van der Waals surface area contributed by atoms with Gasteiger partial charge in [0.15, 0.2) is 0 Å². The number of benzene rings is 2. The van der Waals surface area contributed by atoms with Gasteiger partial charge in [-0.25, -0.2) is 4.79 Å². The van der Waals surface area contributed by atoms with Gasteiger partial charge in [0.2, 0.25) is 11.8 Å². The number of aromatic carboxylic acids is 1. The van der Waals surface area contributed by atoms with Gasteiger partial charge in [-0.05, 0) is 29.3 Å². The fraction of sp³-hybridized carbons (Fsp3) is 0.190. The zero-order chi connectivity index (χ0) is 19.2. The maximum absolute atomic E-state index is 12.8. The van der Waals surface area contributed by atoms with Crippen molar-refractivity contribution in [2.45, 2.75) is 12.5 Å². The van der Waals surface area contributed by atoms with Gasteiger partial charge in [-0.3, -0.25) is 9.59 Å². The highest BCUT2D eigenvalue weighted by Gasteiger charge is 2.28. The summed E-state index contributed by atoms with van der Waals surface area (Å²) in [6.07, 6.45) is 3.33. The Kier molecular flexibility index (Phi) is 5.66. The standard InChI is InChI=1S/C21H20N2O4/c24-19-14-18(16-4-2-1-3-5-16)23(13-12-22-19)20(25)11-8-15-6-9-17(10-7-15)21(26)27/h1-11,18H,12-14H2,(H,22,24)(H,26,27)/b11-8+/t18-/m1/s1. The summed E-state index contributed by atoms with van der Waals surface area (Å²) in [5.74, 6) is -1.26. The molecule has 1 aliphatic heterocycles. The number of carbonyl (C=O) groups is 3. The molecule has 0 saturated carbocycles. The van der Waals surface area contributed by atoms with Gasteiger partial charge in [-0.1, -0.05) is 42.5 Å². The van der Waals surface area contributed by atoms with Crippen molar-refractivity contribution < 1.29 is 19.5 Å². The van der Waals surface area contributed by atoms with E-state index in [4.69, 9.17) is 5.11 Å². The van der Waals surface area contributed by atoms with Gasteiger partial charge in [0, 0.05) is 19.2 Å². The molecule has 1 aliphatic rings. The molecule has 6 heteroatoms. The van der Waals surface area contributed by atoms with Crippen LogP contribution in [0.2, 0.25) is 0 Å². The van der Waals surface area contributed by atoms with Crippen LogP contribution in [-0.4, -0.2) is 40.9 Å². The second-order valence-electron chi connectivity index (χ2n) is 6.27. The molecule has 0 spiro atoms. The van der Waals surface area contributed by atoms with Gasteiger partial charge in [-0.2, -0.15) is 0 Å². The molecule has 2 amide bonds. The second kappa shape index (κ2) is 8.31. The van der Waals surface area contributed by atoms with Gasteiger partial charge in [-0.15, -0.1) is 0 Å². The van der Waals surface area contributed by atoms with Crippen LogP contribution in [0, 0.1) is 0 Å². The van der Waals surface area contributed by atoms with Crippen LogP contribution < -0.4 is 5.32 Å². The first kappa shape index (κ1) is 18.4. The molecule has 2 aromatic carbocycles. The number of rotatable bonds is 4. The van der Waals surface area contributed by atoms with Crippen molar-refractivity contribution in [1.82, 2.24) is 10.2 Å². The lowest BCUT2D eigenvalue weighted by atomic mass is 10.0. The Morgan fingerprint density at radius 1 is 1.07 bits per heavy atom. The summed E-state index contributed by atoms with van der Waals surface area (Å²) in [5, 5.41) is 11.7. The van der Waals surface area contributed by atoms with Crippen molar-refractivity contribution in [3.05, 3.63) is 77.4 Å². The average Bonchev–Trinajstić information content (AvgIpc) is 2.88. The van der Waals surface area contributed by atoms with E-state index in [1.807, 2.05) is 30.3 Å². The summed E-state index contributed by atoms with van der Waals surface area (Å²) in [5.41, 5.74) is 1.84. The molecule has 138 valence electrons. The number of carbonyl (C=O) groups excluding carboxylic acids is 2. The van der Waals surface area contributed by atoms with Crippen molar-refractivity contribution in [2.24, 2.45) is 0 Å². The normalized spacial score (nSPS) is 17.4. The minimum Gasteiger partial charge on any atom is -0.478 e. The SMILES string of the molecule is O=C1C[C@H](c2ccccc2)N(C(=O)/C=C/c2ccc(C(=O)O)cc2)CCN1. The van der Waals surface area contributed by atoms with Gasteiger partial charge < -0.3 is 15.3 Å². The largest absolute Gasteiger partial charge is 0.478 e. The Labute approximate surface area is 157 Å². The van der Waals surface area contributed by atoms with E-state index in [1.54, 1.807) is 23.1 Å². The lowest BCUT2D eigenvalue weighted by molar-refractivity contribution is -0.128. The minimum absolute atomic E-state index is 0.0765. The van der Waals surface area contributed by atoms with Crippen molar-refractivity contribution in [2.75, 3.05) is 13.1 Å². The minimum atomic E-state index is -0.992. The lowest BCUT2D eigenvalue weighted by Gasteiger charge is -2.28. The predicted octanol–water partition coefficient (Wildman–Crippen LogP) is 2.49. The number of amides is 2. The number of hydrogen-bond acceptors (Lipinski definition) is 3. The van der Waals surface area contributed by atoms with Crippen LogP contribution in [-0.2, 0) is 9.59 Å². The predicted molar refractivity (Wildman–Crippen MR) is 101 cm³/mol. The molecule has 0 aliphatic carbocycles. The van der Waals surface area contributed by atoms with E-state index in [2.05, 4.69) is 5.32 Å². The van der Waals surface area contributed by atoms with Crippen molar-refractivity contribution >= 4 is 23.9 Å². The fourth-order valence-corrected chi connectivity index (χ4v) is 3.07. The fourth-order valence-electron chi connectivity index (χ4n) is 3.07. The van der Waals surface area contributed by atoms with Crippen LogP contribution in [0.3, 0.4) is 0 Å². The lowest BCUT2D eigenvalue weighted by Crippen LogP contribution is -2.35. The van der Waals surface area contributed by atoms with Crippen molar-refractivity contribution in [3.8, 4) is 0 Å². The number of nitrogens with zero attached hydrogens (tertiary/aromatic N) is 1. The number of nitrogens with one attached hydrogen (secondary N) is 1. The van der Waals surface area contributed by atoms with Crippen LogP contribution >= 0.6 is 0 Å². The Hall–Kier alpha value is -3.41. The summed E-state index contributed by atoms with van der Waals surface area (Å²) < 4.78 is 0. The molecule has 0 unspecified atom stereocenters. The zero-order valence-corrected chi connectivity index (χ0v) is 14.7. The van der Waals surface area contributed by atoms with Crippen LogP contribution in [0.1, 0.15) is 33.9 Å². The first-order valence-corrected chi connectivity index (χ1v) is 8.68. The van der Waals surface area contributed by atoms with Gasteiger partial charge in [0.05, 0.1) is 18.0 Å². The Morgan fingerprint density at radius 2 is 1.78 bits per heavy atom. The first-order chi connectivity index (χ1) is 13.0. The molecule has 1 saturated heterocycles. The molecule has 0 radical (unpaired) electrons. The van der Waals surface area contributed by atoms with Gasteiger partial charge in [0.25, 0.3) is 0 Å². The highest BCUT2D eigenvalue weighted by atomic mass is 16.4. The van der Waals surface area contributed by atoms with E-state index in [-0.39, 0.29) is 29.8 Å². The number of carboxylic acids is 1. The third-order valence-corrected chi connectivity index (χ3v) is 4.47. The molecule has 0 aromatic heterocycles. The quantitative estimate of drug-likeness (QED) is 0.816. The van der Waals surface area contributed by atoms with Crippen LogP contribution in [0.4, 0.5) is 0 Å². The molecule has 3 rings (SSSR count). The summed E-state index contributed by atoms with van der Waals surface area (Å²) in [6, 6.07) is 15.5. The maximum Gasteiger partial charge on any atom is 0.335 e. The van der Waals surface area contributed by atoms with E-state index in [0.717, 1.165) is 11.1 Å². The Balaban J connectivity index is 1.79. The van der Waals surface area contributed by atoms with Crippen molar-refractivity contribution in [3.63, 3.8) is 0 Å². The van der Waals surface area contributed by atoms with Crippen LogP contribution in [0.25, 0.3) is 6.08 Å². The Morgan fingerprint density at radius 3 is 2.44 bits per heavy atom. The van der Waals surface area contributed by atoms with E-state index in [0.29, 0.717) is 13.1 Å². The van der Waals surface area contributed by atoms with Crippen LogP contribution in [0.5, 0.6) is 0 Å². The van der Waals surface area contributed by atoms with Gasteiger partial charge >= 0.3 is 5.97 Å². The topological polar surface area (TPSA) is 86.7 Å². The van der Waals surface area contributed by atoms with E-state index in [9.17, 15) is 14.4 Å². The second-order valence-corrected chi connectivity index (χ2v) is 6.27. The van der Waals surface area contributed by atoms with Crippen molar-refractivity contribution in [1.29, 1.82) is 0 Å². The molecular formula is C21H20N2O4. The molecule has 0 bridgehead atoms. The molecular weight excluding hydrogens is 344 g/mol. The summed E-state index contributed by atoms with van der Waals surface area (Å²) in [7, 11) is 0. The Bertz CT molecular complexity index is 860. The molecule has 1 heterocycles. The summed E-state index contributed by atoms with van der Waals surface area (Å²) in [4.78, 5) is 37.4. The smallest absolute Gasteiger partial charge is 0.335 e.